The molecular weight excluding hydrogens is 304 g/mol. The summed E-state index contributed by atoms with van der Waals surface area (Å²) in [5.74, 6) is 0.358. The largest absolute Gasteiger partial charge is 0.368 e. The van der Waals surface area contributed by atoms with E-state index in [0.717, 1.165) is 15.7 Å². The van der Waals surface area contributed by atoms with Crippen LogP contribution in [0.25, 0.3) is 0 Å². The maximum Gasteiger partial charge on any atom is 0.221 e. The highest BCUT2D eigenvalue weighted by atomic mass is 79.9. The molecule has 0 bridgehead atoms. The lowest BCUT2D eigenvalue weighted by atomic mass is 10.2. The van der Waals surface area contributed by atoms with Crippen LogP contribution in [0.1, 0.15) is 11.3 Å². The molecule has 2 N–H and O–H groups in total. The zero-order valence-corrected chi connectivity index (χ0v) is 11.4. The van der Waals surface area contributed by atoms with Gasteiger partial charge in [-0.1, -0.05) is 27.5 Å². The molecule has 0 amide bonds. The Hall–Kier alpha value is -1.33. The second kappa shape index (κ2) is 4.89. The van der Waals surface area contributed by atoms with Crippen LogP contribution in [0.4, 0.5) is 5.95 Å². The van der Waals surface area contributed by atoms with Crippen molar-refractivity contribution in [2.75, 3.05) is 5.73 Å². The minimum absolute atomic E-state index is 0.358. The van der Waals surface area contributed by atoms with E-state index >= 15 is 0 Å². The van der Waals surface area contributed by atoms with Crippen molar-refractivity contribution in [3.63, 3.8) is 0 Å². The van der Waals surface area contributed by atoms with Crippen molar-refractivity contribution in [3.8, 4) is 0 Å². The molecule has 1 heterocycles. The molecule has 4 nitrogen and oxygen atoms in total. The van der Waals surface area contributed by atoms with Gasteiger partial charge in [-0.3, -0.25) is 0 Å². The number of imidazole rings is 1. The number of hydrogen-bond donors (Lipinski definition) is 1. The molecule has 6 heteroatoms. The number of hydrogen-bond acceptors (Lipinski definition) is 3. The summed E-state index contributed by atoms with van der Waals surface area (Å²) < 4.78 is 2.43. The first-order valence-electron chi connectivity index (χ1n) is 4.87. The fraction of sp³-hybridized carbons (Fsp3) is 0.0909. The molecule has 0 unspecified atom stereocenters. The average Bonchev–Trinajstić information content (AvgIpc) is 2.59. The lowest BCUT2D eigenvalue weighted by molar-refractivity contribution is 0.897. The first-order valence-corrected chi connectivity index (χ1v) is 6.04. The van der Waals surface area contributed by atoms with Crippen molar-refractivity contribution in [1.29, 1.82) is 0 Å². The van der Waals surface area contributed by atoms with Gasteiger partial charge in [-0.2, -0.15) is 5.10 Å². The van der Waals surface area contributed by atoms with Crippen LogP contribution < -0.4 is 5.73 Å². The second-order valence-corrected chi connectivity index (χ2v) is 4.79. The van der Waals surface area contributed by atoms with Crippen molar-refractivity contribution < 1.29 is 0 Å². The molecule has 0 aliphatic carbocycles. The first kappa shape index (κ1) is 12.1. The summed E-state index contributed by atoms with van der Waals surface area (Å²) in [6.45, 7) is 1.86. The molecular formula is C11H10BrClN4. The smallest absolute Gasteiger partial charge is 0.221 e. The predicted molar refractivity (Wildman–Crippen MR) is 73.5 cm³/mol. The van der Waals surface area contributed by atoms with Crippen LogP contribution >= 0.6 is 27.5 Å². The van der Waals surface area contributed by atoms with Gasteiger partial charge in [0.1, 0.15) is 0 Å². The SMILES string of the molecule is Cc1cn(N=Cc2cc(Cl)ccc2Br)c(N)n1. The van der Waals surface area contributed by atoms with Crippen LogP contribution in [0.15, 0.2) is 34.0 Å². The zero-order valence-electron chi connectivity index (χ0n) is 9.06. The minimum Gasteiger partial charge on any atom is -0.368 e. The van der Waals surface area contributed by atoms with Gasteiger partial charge in [0.2, 0.25) is 5.95 Å². The van der Waals surface area contributed by atoms with Crippen molar-refractivity contribution >= 4 is 39.7 Å². The molecule has 0 atom stereocenters. The summed E-state index contributed by atoms with van der Waals surface area (Å²) in [6.07, 6.45) is 3.43. The number of nitrogen functional groups attached to an aromatic ring is 1. The van der Waals surface area contributed by atoms with Gasteiger partial charge in [0, 0.05) is 15.1 Å². The highest BCUT2D eigenvalue weighted by Crippen LogP contribution is 2.19. The van der Waals surface area contributed by atoms with Crippen molar-refractivity contribution in [1.82, 2.24) is 9.66 Å². The standard InChI is InChI=1S/C11H10BrClN4/c1-7-6-17(11(14)16-7)15-5-8-4-9(13)2-3-10(8)12/h2-6H,1H3,(H2,14,16). The summed E-state index contributed by atoms with van der Waals surface area (Å²) in [5, 5.41) is 4.87. The Kier molecular flexibility index (Phi) is 3.49. The number of benzene rings is 1. The lowest BCUT2D eigenvalue weighted by Crippen LogP contribution is -1.97. The normalized spacial score (nSPS) is 11.2. The van der Waals surface area contributed by atoms with E-state index in [1.54, 1.807) is 18.5 Å². The van der Waals surface area contributed by atoms with Gasteiger partial charge in [0.25, 0.3) is 0 Å². The predicted octanol–water partition coefficient (Wildman–Crippen LogP) is 3.07. The summed E-state index contributed by atoms with van der Waals surface area (Å²) in [7, 11) is 0. The van der Waals surface area contributed by atoms with E-state index in [1.807, 2.05) is 19.1 Å². The van der Waals surface area contributed by atoms with Gasteiger partial charge in [-0.25, -0.2) is 9.66 Å². The third kappa shape index (κ3) is 2.87. The quantitative estimate of drug-likeness (QED) is 0.866. The molecule has 0 radical (unpaired) electrons. The monoisotopic (exact) mass is 312 g/mol. The number of aryl methyl sites for hydroxylation is 1. The zero-order chi connectivity index (χ0) is 12.4. The number of nitrogens with zero attached hydrogens (tertiary/aromatic N) is 3. The topological polar surface area (TPSA) is 56.2 Å². The maximum absolute atomic E-state index is 5.91. The molecule has 0 fully saturated rings. The van der Waals surface area contributed by atoms with Crippen LogP contribution in [-0.2, 0) is 0 Å². The fourth-order valence-electron chi connectivity index (χ4n) is 1.33. The Morgan fingerprint density at radius 1 is 1.53 bits per heavy atom. The minimum atomic E-state index is 0.358. The number of halogens is 2. The van der Waals surface area contributed by atoms with Crippen LogP contribution in [0.2, 0.25) is 5.02 Å². The Labute approximate surface area is 112 Å². The van der Waals surface area contributed by atoms with Gasteiger partial charge in [-0.05, 0) is 25.1 Å². The highest BCUT2D eigenvalue weighted by molar-refractivity contribution is 9.10. The van der Waals surface area contributed by atoms with Gasteiger partial charge >= 0.3 is 0 Å². The summed E-state index contributed by atoms with van der Waals surface area (Å²) in [6, 6.07) is 5.49. The van der Waals surface area contributed by atoms with E-state index in [0.29, 0.717) is 11.0 Å². The Morgan fingerprint density at radius 3 is 2.94 bits per heavy atom. The van der Waals surface area contributed by atoms with Crippen LogP contribution in [0, 0.1) is 6.92 Å². The van der Waals surface area contributed by atoms with Crippen molar-refractivity contribution in [2.24, 2.45) is 5.10 Å². The van der Waals surface area contributed by atoms with E-state index in [2.05, 4.69) is 26.0 Å². The number of anilines is 1. The van der Waals surface area contributed by atoms with Crippen LogP contribution in [0.5, 0.6) is 0 Å². The number of rotatable bonds is 2. The molecule has 2 aromatic rings. The van der Waals surface area contributed by atoms with E-state index in [-0.39, 0.29) is 0 Å². The maximum atomic E-state index is 5.91. The Bertz CT molecular complexity index is 577. The average molecular weight is 314 g/mol. The summed E-state index contributed by atoms with van der Waals surface area (Å²) >= 11 is 9.33. The molecule has 1 aromatic carbocycles. The highest BCUT2D eigenvalue weighted by Gasteiger charge is 2.00. The van der Waals surface area contributed by atoms with Crippen molar-refractivity contribution in [3.05, 3.63) is 45.1 Å². The van der Waals surface area contributed by atoms with Gasteiger partial charge in [0.15, 0.2) is 0 Å². The number of aromatic nitrogens is 2. The third-order valence-electron chi connectivity index (χ3n) is 2.11. The molecule has 17 heavy (non-hydrogen) atoms. The second-order valence-electron chi connectivity index (χ2n) is 3.50. The molecule has 0 saturated carbocycles. The van der Waals surface area contributed by atoms with E-state index < -0.39 is 0 Å². The number of nitrogens with two attached hydrogens (primary N) is 1. The third-order valence-corrected chi connectivity index (χ3v) is 3.07. The molecule has 0 spiro atoms. The van der Waals surface area contributed by atoms with E-state index in [9.17, 15) is 0 Å². The summed E-state index contributed by atoms with van der Waals surface area (Å²) in [5.41, 5.74) is 7.38. The lowest BCUT2D eigenvalue weighted by Gasteiger charge is -1.99. The molecule has 88 valence electrons. The molecule has 1 aromatic heterocycles. The van der Waals surface area contributed by atoms with Crippen LogP contribution in [0.3, 0.4) is 0 Å². The first-order chi connectivity index (χ1) is 8.06. The van der Waals surface area contributed by atoms with Gasteiger partial charge in [0.05, 0.1) is 18.1 Å². The molecule has 0 aliphatic rings. The Balaban J connectivity index is 2.31. The van der Waals surface area contributed by atoms with E-state index in [4.69, 9.17) is 17.3 Å². The van der Waals surface area contributed by atoms with Crippen molar-refractivity contribution in [2.45, 2.75) is 6.92 Å². The fourth-order valence-corrected chi connectivity index (χ4v) is 1.86. The Morgan fingerprint density at radius 2 is 2.29 bits per heavy atom. The molecule has 0 aliphatic heterocycles. The van der Waals surface area contributed by atoms with Gasteiger partial charge in [-0.15, -0.1) is 0 Å². The van der Waals surface area contributed by atoms with Gasteiger partial charge < -0.3 is 5.73 Å². The molecule has 0 saturated heterocycles. The van der Waals surface area contributed by atoms with Crippen LogP contribution in [-0.4, -0.2) is 15.9 Å². The molecule has 2 rings (SSSR count). The summed E-state index contributed by atoms with van der Waals surface area (Å²) in [4.78, 5) is 4.05. The van der Waals surface area contributed by atoms with E-state index in [1.165, 1.54) is 4.68 Å².